The topological polar surface area (TPSA) is 89.3 Å². The summed E-state index contributed by atoms with van der Waals surface area (Å²) in [6.45, 7) is 0. The Balaban J connectivity index is 2.26. The molecular formula is C11H9ClN2O3S2. The highest BCUT2D eigenvalue weighted by Crippen LogP contribution is 2.22. The van der Waals surface area contributed by atoms with Crippen molar-refractivity contribution in [1.29, 1.82) is 0 Å². The van der Waals surface area contributed by atoms with Gasteiger partial charge in [-0.3, -0.25) is 9.52 Å². The molecule has 3 N–H and O–H groups in total. The molecule has 0 saturated carbocycles. The summed E-state index contributed by atoms with van der Waals surface area (Å²) in [7, 11) is -3.73. The van der Waals surface area contributed by atoms with E-state index < -0.39 is 15.9 Å². The van der Waals surface area contributed by atoms with Crippen LogP contribution in [0.4, 0.5) is 5.69 Å². The van der Waals surface area contributed by atoms with Gasteiger partial charge in [0, 0.05) is 16.1 Å². The molecule has 0 bridgehead atoms. The van der Waals surface area contributed by atoms with Crippen LogP contribution in [0.2, 0.25) is 5.02 Å². The fourth-order valence-corrected chi connectivity index (χ4v) is 3.63. The van der Waals surface area contributed by atoms with Gasteiger partial charge in [0.15, 0.2) is 0 Å². The lowest BCUT2D eigenvalue weighted by Crippen LogP contribution is -2.12. The highest BCUT2D eigenvalue weighted by molar-refractivity contribution is 7.92. The molecule has 0 aliphatic rings. The molecule has 0 unspecified atom stereocenters. The van der Waals surface area contributed by atoms with Gasteiger partial charge in [0.05, 0.1) is 9.77 Å². The lowest BCUT2D eigenvalue weighted by Gasteiger charge is -2.06. The van der Waals surface area contributed by atoms with Gasteiger partial charge in [-0.05, 0) is 30.3 Å². The van der Waals surface area contributed by atoms with Gasteiger partial charge in [0.1, 0.15) is 0 Å². The number of carbonyl (C=O) groups excluding carboxylic acids is 1. The number of hydrogen-bond acceptors (Lipinski definition) is 4. The summed E-state index contributed by atoms with van der Waals surface area (Å²) in [5.41, 5.74) is 5.47. The first kappa shape index (κ1) is 13.9. The highest BCUT2D eigenvalue weighted by atomic mass is 35.5. The molecule has 0 saturated heterocycles. The zero-order chi connectivity index (χ0) is 14.0. The average Bonchev–Trinajstić information content (AvgIpc) is 2.82. The van der Waals surface area contributed by atoms with Crippen LogP contribution < -0.4 is 10.5 Å². The minimum atomic E-state index is -3.73. The van der Waals surface area contributed by atoms with Crippen molar-refractivity contribution in [3.05, 3.63) is 45.6 Å². The van der Waals surface area contributed by atoms with E-state index in [0.29, 0.717) is 10.7 Å². The van der Waals surface area contributed by atoms with Crippen LogP contribution in [0, 0.1) is 0 Å². The first-order valence-electron chi connectivity index (χ1n) is 5.05. The Morgan fingerprint density at radius 2 is 1.89 bits per heavy atom. The molecule has 5 nitrogen and oxygen atoms in total. The highest BCUT2D eigenvalue weighted by Gasteiger charge is 2.17. The summed E-state index contributed by atoms with van der Waals surface area (Å²) in [5, 5.41) is 1.87. The van der Waals surface area contributed by atoms with Crippen molar-refractivity contribution in [2.24, 2.45) is 5.73 Å². The van der Waals surface area contributed by atoms with E-state index in [4.69, 9.17) is 17.3 Å². The Hall–Kier alpha value is -1.57. The summed E-state index contributed by atoms with van der Waals surface area (Å²) in [5.74, 6) is -0.655. The van der Waals surface area contributed by atoms with E-state index in [0.717, 1.165) is 11.3 Å². The van der Waals surface area contributed by atoms with Crippen molar-refractivity contribution >= 4 is 44.6 Å². The molecule has 1 amide bonds. The molecule has 2 rings (SSSR count). The second-order valence-electron chi connectivity index (χ2n) is 3.62. The van der Waals surface area contributed by atoms with Crippen molar-refractivity contribution in [3.8, 4) is 0 Å². The van der Waals surface area contributed by atoms with Gasteiger partial charge >= 0.3 is 0 Å². The van der Waals surface area contributed by atoms with Crippen LogP contribution in [0.1, 0.15) is 9.67 Å². The number of halogens is 1. The number of primary amides is 1. The fourth-order valence-electron chi connectivity index (χ4n) is 1.32. The summed E-state index contributed by atoms with van der Waals surface area (Å²) in [6.07, 6.45) is 0. The monoisotopic (exact) mass is 316 g/mol. The summed E-state index contributed by atoms with van der Waals surface area (Å²) in [4.78, 5) is 11.1. The second kappa shape index (κ2) is 5.20. The largest absolute Gasteiger partial charge is 0.365 e. The van der Waals surface area contributed by atoms with E-state index in [1.165, 1.54) is 11.4 Å². The fraction of sp³-hybridized carbons (Fsp3) is 0. The predicted octanol–water partition coefficient (Wildman–Crippen LogP) is 2.30. The van der Waals surface area contributed by atoms with E-state index in [2.05, 4.69) is 4.72 Å². The first-order chi connectivity index (χ1) is 8.88. The molecular weight excluding hydrogens is 308 g/mol. The average molecular weight is 317 g/mol. The lowest BCUT2D eigenvalue weighted by molar-refractivity contribution is 0.100. The molecule has 0 spiro atoms. The Kier molecular flexibility index (Phi) is 3.79. The van der Waals surface area contributed by atoms with Gasteiger partial charge in [-0.1, -0.05) is 11.6 Å². The number of benzene rings is 1. The number of carbonyl (C=O) groups is 1. The molecule has 0 radical (unpaired) electrons. The zero-order valence-corrected chi connectivity index (χ0v) is 11.8. The number of anilines is 1. The summed E-state index contributed by atoms with van der Waals surface area (Å²) in [6, 6.07) is 7.47. The molecule has 1 aromatic carbocycles. The molecule has 100 valence electrons. The minimum absolute atomic E-state index is 0.00116. The van der Waals surface area contributed by atoms with Gasteiger partial charge in [0.2, 0.25) is 0 Å². The van der Waals surface area contributed by atoms with E-state index in [9.17, 15) is 13.2 Å². The van der Waals surface area contributed by atoms with Gasteiger partial charge in [0.25, 0.3) is 15.9 Å². The number of nitrogens with one attached hydrogen (secondary N) is 1. The Bertz CT molecular complexity index is 708. The van der Waals surface area contributed by atoms with Gasteiger partial charge in [-0.2, -0.15) is 0 Å². The summed E-state index contributed by atoms with van der Waals surface area (Å²) >= 11 is 6.69. The smallest absolute Gasteiger partial charge is 0.262 e. The lowest BCUT2D eigenvalue weighted by atomic mass is 10.3. The number of nitrogens with two attached hydrogens (primary N) is 1. The van der Waals surface area contributed by atoms with Gasteiger partial charge in [-0.25, -0.2) is 8.42 Å². The predicted molar refractivity (Wildman–Crippen MR) is 75.1 cm³/mol. The van der Waals surface area contributed by atoms with Gasteiger partial charge < -0.3 is 5.73 Å². The molecule has 8 heteroatoms. The number of hydrogen-bond donors (Lipinski definition) is 2. The van der Waals surface area contributed by atoms with Crippen LogP contribution in [0.25, 0.3) is 0 Å². The van der Waals surface area contributed by atoms with Crippen LogP contribution in [0.3, 0.4) is 0 Å². The molecule has 1 aromatic heterocycles. The first-order valence-corrected chi connectivity index (χ1v) is 7.79. The molecule has 0 aliphatic carbocycles. The maximum absolute atomic E-state index is 12.0. The molecule has 0 aliphatic heterocycles. The third kappa shape index (κ3) is 3.25. The number of amides is 1. The summed E-state index contributed by atoms with van der Waals surface area (Å²) < 4.78 is 26.4. The van der Waals surface area contributed by atoms with Crippen molar-refractivity contribution in [1.82, 2.24) is 0 Å². The standard InChI is InChI=1S/C11H9ClN2O3S2/c12-7-1-3-8(4-2-7)14-19(16,17)9-5-10(11(13)15)18-6-9/h1-6,14H,(H2,13,15). The maximum Gasteiger partial charge on any atom is 0.262 e. The van der Waals surface area contributed by atoms with E-state index >= 15 is 0 Å². The quantitative estimate of drug-likeness (QED) is 0.907. The minimum Gasteiger partial charge on any atom is -0.365 e. The van der Waals surface area contributed by atoms with Crippen LogP contribution in [-0.2, 0) is 10.0 Å². The maximum atomic E-state index is 12.0. The van der Waals surface area contributed by atoms with Crippen molar-refractivity contribution in [2.75, 3.05) is 4.72 Å². The number of rotatable bonds is 4. The number of thiophene rings is 1. The zero-order valence-electron chi connectivity index (χ0n) is 9.46. The van der Waals surface area contributed by atoms with Crippen LogP contribution in [0.5, 0.6) is 0 Å². The van der Waals surface area contributed by atoms with Crippen molar-refractivity contribution in [2.45, 2.75) is 4.90 Å². The van der Waals surface area contributed by atoms with Gasteiger partial charge in [-0.15, -0.1) is 11.3 Å². The third-order valence-corrected chi connectivity index (χ3v) is 4.93. The third-order valence-electron chi connectivity index (χ3n) is 2.22. The second-order valence-corrected chi connectivity index (χ2v) is 6.65. The van der Waals surface area contributed by atoms with Crippen LogP contribution in [-0.4, -0.2) is 14.3 Å². The van der Waals surface area contributed by atoms with E-state index in [-0.39, 0.29) is 9.77 Å². The molecule has 2 aromatic rings. The molecule has 0 fully saturated rings. The van der Waals surface area contributed by atoms with Crippen LogP contribution in [0.15, 0.2) is 40.6 Å². The van der Waals surface area contributed by atoms with Crippen molar-refractivity contribution < 1.29 is 13.2 Å². The Morgan fingerprint density at radius 3 is 2.42 bits per heavy atom. The molecule has 0 atom stereocenters. The molecule has 19 heavy (non-hydrogen) atoms. The Morgan fingerprint density at radius 1 is 1.26 bits per heavy atom. The van der Waals surface area contributed by atoms with Crippen molar-refractivity contribution in [3.63, 3.8) is 0 Å². The normalized spacial score (nSPS) is 11.2. The van der Waals surface area contributed by atoms with E-state index in [1.807, 2.05) is 0 Å². The van der Waals surface area contributed by atoms with Crippen LogP contribution >= 0.6 is 22.9 Å². The van der Waals surface area contributed by atoms with E-state index in [1.54, 1.807) is 24.3 Å². The SMILES string of the molecule is NC(=O)c1cc(S(=O)(=O)Nc2ccc(Cl)cc2)cs1. The number of sulfonamides is 1. The Labute approximate surface area is 119 Å². The molecule has 1 heterocycles.